The molecule has 0 aliphatic rings. The predicted octanol–water partition coefficient (Wildman–Crippen LogP) is 7.78. The predicted molar refractivity (Wildman–Crippen MR) is 348 cm³/mol. The lowest BCUT2D eigenvalue weighted by molar-refractivity contribution is -0.159. The van der Waals surface area contributed by atoms with Crippen LogP contribution in [0.15, 0.2) is 48.5 Å². The van der Waals surface area contributed by atoms with Gasteiger partial charge in [-0.1, -0.05) is 144 Å². The monoisotopic (exact) mass is 1280 g/mol. The standard InChI is InChI=1S/C68H110N8O15/c1-16-18-19-20-21-22-23-24-25-26-50(39-56(78)79)90-67(87)59(44(9)17-2)76-61(81)45(10)70-63(83)54(40-57(80)91-68(11,12)13)73-66(86)58(43(7)8)75-65(85)53(38-42(5)6)72-64(84)52(37-41(3)4)71-62(82)51(69)35-36-55(77)74-60(46-27-31-48(88-14)32-28-46)47-29-33-49(89-15)34-30-47/h27-34,41-45,50-54,58-60H,16-26,35-40,69H2,1-15H3,(H,70,83)(H,71,82)(H,72,84)(H,73,86)(H,74,77)(H,75,85)(H,76,81)(H,78,79)/t44-,45+,50?,51-,52-,53+,54-,58-,59-/m0/s1. The van der Waals surface area contributed by atoms with Crippen LogP contribution in [0.1, 0.15) is 216 Å². The van der Waals surface area contributed by atoms with E-state index >= 15 is 0 Å². The van der Waals surface area contributed by atoms with Crippen molar-refractivity contribution in [3.05, 3.63) is 59.7 Å². The highest BCUT2D eigenvalue weighted by Gasteiger charge is 2.37. The van der Waals surface area contributed by atoms with Crippen molar-refractivity contribution in [1.29, 1.82) is 0 Å². The number of unbranched alkanes of at least 4 members (excludes halogenated alkanes) is 8. The molecule has 7 amide bonds. The maximum atomic E-state index is 14.4. The van der Waals surface area contributed by atoms with Gasteiger partial charge in [-0.2, -0.15) is 0 Å². The van der Waals surface area contributed by atoms with Crippen LogP contribution >= 0.6 is 0 Å². The molecule has 10 N–H and O–H groups in total. The molecule has 2 aromatic rings. The number of hydrogen-bond acceptors (Lipinski definition) is 15. The number of carbonyl (C=O) groups is 10. The number of hydrogen-bond donors (Lipinski definition) is 9. The van der Waals surface area contributed by atoms with E-state index < -0.39 is 138 Å². The number of esters is 2. The van der Waals surface area contributed by atoms with Gasteiger partial charge in [0, 0.05) is 6.42 Å². The van der Waals surface area contributed by atoms with Crippen LogP contribution in [0.5, 0.6) is 11.5 Å². The van der Waals surface area contributed by atoms with E-state index in [1.54, 1.807) is 87.0 Å². The van der Waals surface area contributed by atoms with Crippen molar-refractivity contribution in [3.8, 4) is 11.5 Å². The van der Waals surface area contributed by atoms with Crippen LogP contribution in [0.2, 0.25) is 0 Å². The van der Waals surface area contributed by atoms with Crippen LogP contribution in [0.3, 0.4) is 0 Å². The number of carboxylic acids is 1. The van der Waals surface area contributed by atoms with Gasteiger partial charge >= 0.3 is 17.9 Å². The van der Waals surface area contributed by atoms with Gasteiger partial charge < -0.3 is 67.0 Å². The Hall–Kier alpha value is -7.30. The lowest BCUT2D eigenvalue weighted by Gasteiger charge is -2.30. The van der Waals surface area contributed by atoms with Gasteiger partial charge in [-0.3, -0.25) is 43.2 Å². The number of aliphatic carboxylic acids is 1. The van der Waals surface area contributed by atoms with Crippen molar-refractivity contribution < 1.29 is 72.0 Å². The van der Waals surface area contributed by atoms with Gasteiger partial charge in [0.15, 0.2) is 0 Å². The lowest BCUT2D eigenvalue weighted by Crippen LogP contribution is -2.61. The molecule has 0 saturated carbocycles. The summed E-state index contributed by atoms with van der Waals surface area (Å²) in [5.41, 5.74) is 6.93. The molecule has 1 unspecified atom stereocenters. The van der Waals surface area contributed by atoms with E-state index in [0.29, 0.717) is 30.8 Å². The fraction of sp³-hybridized carbons (Fsp3) is 0.676. The normalized spacial score (nSPS) is 14.5. The number of ether oxygens (including phenoxy) is 4. The Morgan fingerprint density at radius 2 is 0.989 bits per heavy atom. The number of benzene rings is 2. The zero-order chi connectivity index (χ0) is 68.5. The zero-order valence-corrected chi connectivity index (χ0v) is 56.9. The molecule has 0 heterocycles. The Bertz CT molecular complexity index is 2560. The van der Waals surface area contributed by atoms with Gasteiger partial charge in [-0.15, -0.1) is 0 Å². The highest BCUT2D eigenvalue weighted by Crippen LogP contribution is 2.27. The van der Waals surface area contributed by atoms with Gasteiger partial charge in [-0.05, 0) is 119 Å². The SMILES string of the molecule is CCCCCCCCCCCC(CC(=O)O)OC(=O)[C@@H](NC(=O)[C@@H](C)NC(=O)[C@H](CC(=O)OC(C)(C)C)NC(=O)[C@@H](NC(=O)[C@@H](CC(C)C)NC(=O)[C@H](CC(C)C)NC(=O)[C@@H](N)CCC(=O)NC(c1ccc(OC)cc1)c1ccc(OC)cc1)C(C)C)[C@@H](C)CC. The molecule has 2 rings (SSSR count). The van der Waals surface area contributed by atoms with E-state index in [9.17, 15) is 53.1 Å². The summed E-state index contributed by atoms with van der Waals surface area (Å²) in [4.78, 5) is 137. The number of carboxylic acid groups (broad SMARTS) is 1. The summed E-state index contributed by atoms with van der Waals surface area (Å²) in [6.07, 6.45) is 8.15. The van der Waals surface area contributed by atoms with E-state index in [-0.39, 0.29) is 43.4 Å². The van der Waals surface area contributed by atoms with E-state index in [1.165, 1.54) is 32.6 Å². The van der Waals surface area contributed by atoms with Crippen molar-refractivity contribution in [3.63, 3.8) is 0 Å². The Labute approximate surface area is 540 Å². The molecular weight excluding hydrogens is 1170 g/mol. The fourth-order valence-electron chi connectivity index (χ4n) is 10.0. The first-order valence-electron chi connectivity index (χ1n) is 32.6. The van der Waals surface area contributed by atoms with Gasteiger partial charge in [0.1, 0.15) is 59.5 Å². The third-order valence-corrected chi connectivity index (χ3v) is 15.4. The smallest absolute Gasteiger partial charge is 0.329 e. The Kier molecular flexibility index (Phi) is 36.2. The summed E-state index contributed by atoms with van der Waals surface area (Å²) in [6.45, 7) is 22.5. The summed E-state index contributed by atoms with van der Waals surface area (Å²) < 4.78 is 21.9. The molecule has 91 heavy (non-hydrogen) atoms. The summed E-state index contributed by atoms with van der Waals surface area (Å²) >= 11 is 0. The lowest BCUT2D eigenvalue weighted by atomic mass is 9.97. The largest absolute Gasteiger partial charge is 0.497 e. The number of methoxy groups -OCH3 is 2. The first-order chi connectivity index (χ1) is 42.8. The highest BCUT2D eigenvalue weighted by atomic mass is 16.6. The van der Waals surface area contributed by atoms with Crippen molar-refractivity contribution in [1.82, 2.24) is 37.2 Å². The molecule has 0 spiro atoms. The molecule has 0 bridgehead atoms. The van der Waals surface area contributed by atoms with E-state index in [0.717, 1.165) is 36.8 Å². The number of nitrogens with two attached hydrogens (primary N) is 1. The second-order valence-corrected chi connectivity index (χ2v) is 26.0. The molecule has 0 radical (unpaired) electrons. The molecular formula is C68H110N8O15. The van der Waals surface area contributed by atoms with Crippen LogP contribution in [0.4, 0.5) is 0 Å². The Morgan fingerprint density at radius 3 is 1.45 bits per heavy atom. The molecule has 0 aliphatic carbocycles. The summed E-state index contributed by atoms with van der Waals surface area (Å²) in [5, 5.41) is 28.7. The number of carbonyl (C=O) groups excluding carboxylic acids is 9. The van der Waals surface area contributed by atoms with E-state index in [4.69, 9.17) is 24.7 Å². The van der Waals surface area contributed by atoms with Crippen LogP contribution in [0, 0.1) is 23.7 Å². The molecule has 2 aromatic carbocycles. The second kappa shape index (κ2) is 41.2. The minimum Gasteiger partial charge on any atom is -0.497 e. The minimum absolute atomic E-state index is 0.0766. The minimum atomic E-state index is -1.66. The average Bonchev–Trinajstić information content (AvgIpc) is 2.13. The number of nitrogens with one attached hydrogen (secondary N) is 7. The molecule has 9 atom stereocenters. The van der Waals surface area contributed by atoms with Crippen LogP contribution in [0.25, 0.3) is 0 Å². The highest BCUT2D eigenvalue weighted by molar-refractivity contribution is 5.98. The van der Waals surface area contributed by atoms with Crippen LogP contribution in [-0.4, -0.2) is 133 Å². The third-order valence-electron chi connectivity index (χ3n) is 15.4. The third kappa shape index (κ3) is 31.1. The van der Waals surface area contributed by atoms with Crippen molar-refractivity contribution in [2.24, 2.45) is 29.4 Å². The zero-order valence-electron chi connectivity index (χ0n) is 56.9. The molecule has 23 heteroatoms. The number of amides is 7. The van der Waals surface area contributed by atoms with Gasteiger partial charge in [-0.25, -0.2) is 4.79 Å². The van der Waals surface area contributed by atoms with E-state index in [1.807, 2.05) is 52.0 Å². The van der Waals surface area contributed by atoms with Gasteiger partial charge in [0.25, 0.3) is 0 Å². The van der Waals surface area contributed by atoms with Gasteiger partial charge in [0.2, 0.25) is 41.4 Å². The first kappa shape index (κ1) is 79.8. The molecule has 0 fully saturated rings. The molecule has 0 saturated heterocycles. The second-order valence-electron chi connectivity index (χ2n) is 26.0. The van der Waals surface area contributed by atoms with Gasteiger partial charge in [0.05, 0.1) is 39.1 Å². The summed E-state index contributed by atoms with van der Waals surface area (Å²) in [5.74, 6) is -8.21. The van der Waals surface area contributed by atoms with Crippen molar-refractivity contribution in [2.45, 2.75) is 259 Å². The molecule has 0 aromatic heterocycles. The van der Waals surface area contributed by atoms with Crippen LogP contribution < -0.4 is 52.4 Å². The summed E-state index contributed by atoms with van der Waals surface area (Å²) in [7, 11) is 3.11. The molecule has 0 aliphatic heterocycles. The average molecular weight is 1280 g/mol. The maximum absolute atomic E-state index is 14.4. The van der Waals surface area contributed by atoms with Crippen LogP contribution in [-0.2, 0) is 57.4 Å². The quantitative estimate of drug-likeness (QED) is 0.0226. The Balaban J connectivity index is 2.28. The fourth-order valence-corrected chi connectivity index (χ4v) is 10.0. The molecule has 23 nitrogen and oxygen atoms in total. The Morgan fingerprint density at radius 1 is 0.527 bits per heavy atom. The van der Waals surface area contributed by atoms with Crippen molar-refractivity contribution >= 4 is 59.3 Å². The maximum Gasteiger partial charge on any atom is 0.329 e. The van der Waals surface area contributed by atoms with E-state index in [2.05, 4.69) is 44.1 Å². The van der Waals surface area contributed by atoms with Crippen molar-refractivity contribution in [2.75, 3.05) is 14.2 Å². The number of rotatable bonds is 43. The first-order valence-corrected chi connectivity index (χ1v) is 32.6. The summed E-state index contributed by atoms with van der Waals surface area (Å²) in [6, 6.07) is 4.68. The topological polar surface area (TPSA) is 338 Å². The molecule has 512 valence electrons.